The molecule has 0 aliphatic heterocycles. The summed E-state index contributed by atoms with van der Waals surface area (Å²) in [6.45, 7) is 3.12. The number of nitrogens with one attached hydrogen (secondary N) is 1. The van der Waals surface area contributed by atoms with E-state index in [0.717, 1.165) is 28.2 Å². The number of ether oxygens (including phenoxy) is 2. The van der Waals surface area contributed by atoms with E-state index in [0.29, 0.717) is 16.9 Å². The fourth-order valence-electron chi connectivity index (χ4n) is 4.39. The SMILES string of the molecule is CCC[n+]1cc(Br)cc(C(=O)N(CCOC(=O)N(C)CCOC(=O)Nc2cccc3ccccc23)c2ccccc2)c1. The Morgan fingerprint density at radius 3 is 2.38 bits per heavy atom. The van der Waals surface area contributed by atoms with E-state index < -0.39 is 12.2 Å². The number of aryl methyl sites for hydroxylation is 1. The summed E-state index contributed by atoms with van der Waals surface area (Å²) in [7, 11) is 1.56. The molecule has 1 aromatic heterocycles. The third kappa shape index (κ3) is 8.29. The van der Waals surface area contributed by atoms with Crippen LogP contribution in [0.1, 0.15) is 23.7 Å². The van der Waals surface area contributed by atoms with Gasteiger partial charge >= 0.3 is 12.2 Å². The van der Waals surface area contributed by atoms with E-state index in [1.807, 2.05) is 83.7 Å². The lowest BCUT2D eigenvalue weighted by Crippen LogP contribution is -2.39. The highest BCUT2D eigenvalue weighted by atomic mass is 79.9. The molecule has 0 unspecified atom stereocenters. The smallest absolute Gasteiger partial charge is 0.411 e. The van der Waals surface area contributed by atoms with E-state index in [9.17, 15) is 14.4 Å². The Hall–Kier alpha value is -4.44. The van der Waals surface area contributed by atoms with Crippen molar-refractivity contribution in [3.8, 4) is 0 Å². The number of likely N-dealkylation sites (N-methyl/N-ethyl adjacent to an activating group) is 1. The highest BCUT2D eigenvalue weighted by Gasteiger charge is 2.22. The summed E-state index contributed by atoms with van der Waals surface area (Å²) in [4.78, 5) is 41.4. The normalized spacial score (nSPS) is 10.6. The van der Waals surface area contributed by atoms with Crippen LogP contribution in [0.3, 0.4) is 0 Å². The topological polar surface area (TPSA) is 92.1 Å². The maximum atomic E-state index is 13.6. The number of nitrogens with zero attached hydrogens (tertiary/aromatic N) is 3. The van der Waals surface area contributed by atoms with Gasteiger partial charge in [0.25, 0.3) is 5.91 Å². The minimum atomic E-state index is -0.613. The third-order valence-corrected chi connectivity index (χ3v) is 6.90. The van der Waals surface area contributed by atoms with Gasteiger partial charge in [-0.15, -0.1) is 0 Å². The first-order valence-corrected chi connectivity index (χ1v) is 14.5. The molecule has 3 amide bonds. The summed E-state index contributed by atoms with van der Waals surface area (Å²) in [5.41, 5.74) is 1.86. The number of hydrogen-bond donors (Lipinski definition) is 1. The molecule has 10 heteroatoms. The molecule has 0 radical (unpaired) electrons. The molecule has 4 aromatic rings. The van der Waals surface area contributed by atoms with Gasteiger partial charge in [0, 0.05) is 24.5 Å². The van der Waals surface area contributed by atoms with Crippen LogP contribution in [-0.4, -0.2) is 56.3 Å². The van der Waals surface area contributed by atoms with Gasteiger partial charge in [-0.3, -0.25) is 10.1 Å². The maximum Gasteiger partial charge on any atom is 0.411 e. The number of para-hydroxylation sites is 1. The molecule has 0 saturated carbocycles. The minimum absolute atomic E-state index is 0.0164. The van der Waals surface area contributed by atoms with Gasteiger partial charge in [-0.2, -0.15) is 0 Å². The first-order chi connectivity index (χ1) is 20.4. The van der Waals surface area contributed by atoms with E-state index >= 15 is 0 Å². The Bertz CT molecular complexity index is 1530. The van der Waals surface area contributed by atoms with Crippen LogP contribution in [0.5, 0.6) is 0 Å². The van der Waals surface area contributed by atoms with Gasteiger partial charge in [0.15, 0.2) is 12.4 Å². The molecule has 9 nitrogen and oxygen atoms in total. The van der Waals surface area contributed by atoms with Gasteiger partial charge in [0.2, 0.25) is 0 Å². The second kappa shape index (κ2) is 15.0. The number of carbonyl (C=O) groups excluding carboxylic acids is 3. The molecular weight excluding hydrogens is 600 g/mol. The van der Waals surface area contributed by atoms with Crippen molar-refractivity contribution in [3.63, 3.8) is 0 Å². The number of amides is 3. The number of carbonyl (C=O) groups is 3. The fourth-order valence-corrected chi connectivity index (χ4v) is 4.90. The largest absolute Gasteiger partial charge is 0.448 e. The average molecular weight is 635 g/mol. The summed E-state index contributed by atoms with van der Waals surface area (Å²) in [6, 6.07) is 24.4. The highest BCUT2D eigenvalue weighted by Crippen LogP contribution is 2.23. The summed E-state index contributed by atoms with van der Waals surface area (Å²) in [6.07, 6.45) is 3.49. The van der Waals surface area contributed by atoms with Crippen LogP contribution < -0.4 is 14.8 Å². The number of hydrogen-bond acceptors (Lipinski definition) is 5. The Kier molecular flexibility index (Phi) is 10.9. The number of halogens is 1. The molecule has 3 aromatic carbocycles. The molecule has 0 aliphatic carbocycles. The molecule has 42 heavy (non-hydrogen) atoms. The van der Waals surface area contributed by atoms with Crippen molar-refractivity contribution in [2.24, 2.45) is 0 Å². The second-order valence-corrected chi connectivity index (χ2v) is 10.5. The summed E-state index contributed by atoms with van der Waals surface area (Å²) in [5.74, 6) is -0.206. The number of fused-ring (bicyclic) bond motifs is 1. The minimum Gasteiger partial charge on any atom is -0.448 e. The van der Waals surface area contributed by atoms with Crippen molar-refractivity contribution < 1.29 is 28.4 Å². The van der Waals surface area contributed by atoms with Gasteiger partial charge in [-0.25, -0.2) is 14.2 Å². The van der Waals surface area contributed by atoms with Crippen LogP contribution >= 0.6 is 15.9 Å². The van der Waals surface area contributed by atoms with Gasteiger partial charge in [0.1, 0.15) is 25.3 Å². The van der Waals surface area contributed by atoms with Gasteiger partial charge < -0.3 is 19.3 Å². The number of aromatic nitrogens is 1. The molecule has 1 N–H and O–H groups in total. The van der Waals surface area contributed by atoms with Crippen LogP contribution in [-0.2, 0) is 16.0 Å². The number of anilines is 2. The van der Waals surface area contributed by atoms with Crippen LogP contribution in [0.2, 0.25) is 0 Å². The first-order valence-electron chi connectivity index (χ1n) is 13.7. The zero-order chi connectivity index (χ0) is 29.9. The molecule has 0 atom stereocenters. The zero-order valence-electron chi connectivity index (χ0n) is 23.7. The van der Waals surface area contributed by atoms with Crippen molar-refractivity contribution in [1.82, 2.24) is 4.90 Å². The standard InChI is InChI=1S/C32H33BrN4O5/c1-3-16-36-22-25(21-26(33)23-36)30(38)37(27-12-5-4-6-13-27)18-20-42-32(40)35(2)17-19-41-31(39)34-29-15-9-11-24-10-7-8-14-28(24)29/h4-15,21-23H,3,16-20H2,1-2H3/p+1. The Morgan fingerprint density at radius 2 is 1.60 bits per heavy atom. The van der Waals surface area contributed by atoms with Crippen LogP contribution in [0.25, 0.3) is 10.8 Å². The van der Waals surface area contributed by atoms with Crippen LogP contribution in [0, 0.1) is 0 Å². The first kappa shape index (κ1) is 30.5. The van der Waals surface area contributed by atoms with E-state index in [1.165, 1.54) is 4.90 Å². The Balaban J connectivity index is 1.28. The predicted octanol–water partition coefficient (Wildman–Crippen LogP) is 6.26. The lowest BCUT2D eigenvalue weighted by Gasteiger charge is -2.23. The highest BCUT2D eigenvalue weighted by molar-refractivity contribution is 9.10. The van der Waals surface area contributed by atoms with Crippen molar-refractivity contribution in [1.29, 1.82) is 0 Å². The fraction of sp³-hybridized carbons (Fsp3) is 0.250. The molecule has 1 heterocycles. The van der Waals surface area contributed by atoms with E-state index in [-0.39, 0.29) is 32.2 Å². The predicted molar refractivity (Wildman–Crippen MR) is 166 cm³/mol. The molecule has 0 aliphatic rings. The number of rotatable bonds is 11. The third-order valence-electron chi connectivity index (χ3n) is 6.47. The van der Waals surface area contributed by atoms with Crippen molar-refractivity contribution in [3.05, 3.63) is 101 Å². The maximum absolute atomic E-state index is 13.6. The Morgan fingerprint density at radius 1 is 0.881 bits per heavy atom. The molecule has 0 bridgehead atoms. The summed E-state index contributed by atoms with van der Waals surface area (Å²) in [5, 5.41) is 4.66. The second-order valence-electron chi connectivity index (χ2n) is 9.60. The quantitative estimate of drug-likeness (QED) is 0.197. The van der Waals surface area contributed by atoms with Crippen LogP contribution in [0.4, 0.5) is 21.0 Å². The number of pyridine rings is 1. The lowest BCUT2D eigenvalue weighted by molar-refractivity contribution is -0.697. The van der Waals surface area contributed by atoms with E-state index in [2.05, 4.69) is 28.2 Å². The molecule has 4 rings (SSSR count). The summed E-state index contributed by atoms with van der Waals surface area (Å²) < 4.78 is 13.5. The van der Waals surface area contributed by atoms with Crippen molar-refractivity contribution in [2.75, 3.05) is 43.6 Å². The zero-order valence-corrected chi connectivity index (χ0v) is 25.2. The average Bonchev–Trinajstić information content (AvgIpc) is 2.99. The molecule has 218 valence electrons. The molecular formula is C32H34BrN4O5+. The van der Waals surface area contributed by atoms with Gasteiger partial charge in [-0.1, -0.05) is 61.5 Å². The van der Waals surface area contributed by atoms with Crippen molar-refractivity contribution in [2.45, 2.75) is 19.9 Å². The monoisotopic (exact) mass is 633 g/mol. The van der Waals surface area contributed by atoms with Crippen LogP contribution in [0.15, 0.2) is 95.7 Å². The Labute approximate surface area is 253 Å². The van der Waals surface area contributed by atoms with Crippen molar-refractivity contribution >= 4 is 56.2 Å². The molecule has 0 spiro atoms. The van der Waals surface area contributed by atoms with Gasteiger partial charge in [-0.05, 0) is 45.6 Å². The summed E-state index contributed by atoms with van der Waals surface area (Å²) >= 11 is 3.50. The van der Waals surface area contributed by atoms with E-state index in [1.54, 1.807) is 24.1 Å². The lowest BCUT2D eigenvalue weighted by atomic mass is 10.1. The molecule has 0 saturated heterocycles. The van der Waals surface area contributed by atoms with E-state index in [4.69, 9.17) is 9.47 Å². The number of benzene rings is 3. The van der Waals surface area contributed by atoms with Gasteiger partial charge in [0.05, 0.1) is 23.2 Å². The molecule has 0 fully saturated rings.